The molecule has 8 heteroatoms. The van der Waals surface area contributed by atoms with E-state index in [1.54, 1.807) is 31.2 Å². The largest absolute Gasteiger partial charge is 0.350 e. The van der Waals surface area contributed by atoms with Crippen molar-refractivity contribution in [3.8, 4) is 0 Å². The number of benzene rings is 1. The first-order valence-electron chi connectivity index (χ1n) is 6.89. The van der Waals surface area contributed by atoms with Gasteiger partial charge in [-0.1, -0.05) is 12.1 Å². The van der Waals surface area contributed by atoms with Crippen LogP contribution in [0.15, 0.2) is 24.3 Å². The van der Waals surface area contributed by atoms with Gasteiger partial charge in [0.05, 0.1) is 5.75 Å². The summed E-state index contributed by atoms with van der Waals surface area (Å²) in [5, 5.41) is 5.86. The fourth-order valence-corrected chi connectivity index (χ4v) is 2.11. The standard InChI is InChI=1S/C14H23N3O3S.ClH/c1-4-21(19,20)17-10-12-5-7-13(8-6-12)14(18)16-9-11(2)15-3;/h5-8,11,15,17H,4,9-10H2,1-3H3,(H,16,18);1H. The quantitative estimate of drug-likeness (QED) is 0.650. The lowest BCUT2D eigenvalue weighted by Crippen LogP contribution is -2.37. The number of halogens is 1. The summed E-state index contributed by atoms with van der Waals surface area (Å²) >= 11 is 0. The van der Waals surface area contributed by atoms with Crippen molar-refractivity contribution < 1.29 is 13.2 Å². The van der Waals surface area contributed by atoms with E-state index in [1.807, 2.05) is 14.0 Å². The molecule has 0 saturated carbocycles. The number of likely N-dealkylation sites (N-methyl/N-ethyl adjacent to an activating group) is 1. The summed E-state index contributed by atoms with van der Waals surface area (Å²) < 4.78 is 25.2. The van der Waals surface area contributed by atoms with E-state index in [0.717, 1.165) is 5.56 Å². The van der Waals surface area contributed by atoms with Crippen molar-refractivity contribution in [3.05, 3.63) is 35.4 Å². The summed E-state index contributed by atoms with van der Waals surface area (Å²) in [6, 6.07) is 7.07. The minimum Gasteiger partial charge on any atom is -0.350 e. The number of nitrogens with one attached hydrogen (secondary N) is 3. The van der Waals surface area contributed by atoms with Crippen LogP contribution >= 0.6 is 12.4 Å². The second-order valence-electron chi connectivity index (χ2n) is 4.82. The third kappa shape index (κ3) is 7.22. The molecule has 0 radical (unpaired) electrons. The lowest BCUT2D eigenvalue weighted by molar-refractivity contribution is 0.0950. The second kappa shape index (κ2) is 9.78. The number of rotatable bonds is 8. The molecule has 0 spiro atoms. The Morgan fingerprint density at radius 2 is 1.82 bits per heavy atom. The van der Waals surface area contributed by atoms with Crippen LogP contribution in [0.1, 0.15) is 29.8 Å². The van der Waals surface area contributed by atoms with Gasteiger partial charge >= 0.3 is 0 Å². The minimum absolute atomic E-state index is 0. The Balaban J connectivity index is 0.00000441. The van der Waals surface area contributed by atoms with E-state index in [0.29, 0.717) is 12.1 Å². The molecule has 1 aromatic carbocycles. The van der Waals surface area contributed by atoms with E-state index in [2.05, 4.69) is 15.4 Å². The lowest BCUT2D eigenvalue weighted by atomic mass is 10.1. The Morgan fingerprint density at radius 1 is 1.23 bits per heavy atom. The van der Waals surface area contributed by atoms with Gasteiger partial charge in [0.25, 0.3) is 5.91 Å². The van der Waals surface area contributed by atoms with Crippen molar-refractivity contribution in [1.29, 1.82) is 0 Å². The minimum atomic E-state index is -3.20. The van der Waals surface area contributed by atoms with Crippen LogP contribution in [0.25, 0.3) is 0 Å². The van der Waals surface area contributed by atoms with Crippen LogP contribution in [0.2, 0.25) is 0 Å². The van der Waals surface area contributed by atoms with Gasteiger partial charge in [0.1, 0.15) is 0 Å². The normalized spacial score (nSPS) is 12.3. The summed E-state index contributed by atoms with van der Waals surface area (Å²) in [6.07, 6.45) is 0. The third-order valence-corrected chi connectivity index (χ3v) is 4.50. The zero-order valence-electron chi connectivity index (χ0n) is 13.0. The number of hydrogen-bond acceptors (Lipinski definition) is 4. The molecule has 0 saturated heterocycles. The smallest absolute Gasteiger partial charge is 0.251 e. The van der Waals surface area contributed by atoms with E-state index in [4.69, 9.17) is 0 Å². The van der Waals surface area contributed by atoms with Crippen LogP contribution in [-0.2, 0) is 16.6 Å². The molecule has 6 nitrogen and oxygen atoms in total. The summed E-state index contributed by atoms with van der Waals surface area (Å²) in [5.74, 6) is -0.0882. The number of carbonyl (C=O) groups excluding carboxylic acids is 1. The van der Waals surface area contributed by atoms with E-state index >= 15 is 0 Å². The van der Waals surface area contributed by atoms with Gasteiger partial charge < -0.3 is 10.6 Å². The highest BCUT2D eigenvalue weighted by Crippen LogP contribution is 2.05. The molecule has 0 aliphatic carbocycles. The molecule has 0 aromatic heterocycles. The summed E-state index contributed by atoms with van der Waals surface area (Å²) in [5.41, 5.74) is 1.37. The highest BCUT2D eigenvalue weighted by molar-refractivity contribution is 7.89. The van der Waals surface area contributed by atoms with Crippen molar-refractivity contribution in [2.75, 3.05) is 19.3 Å². The number of hydrogen-bond donors (Lipinski definition) is 3. The van der Waals surface area contributed by atoms with E-state index in [1.165, 1.54) is 0 Å². The Bertz CT molecular complexity index is 561. The molecule has 0 aliphatic heterocycles. The molecule has 1 unspecified atom stereocenters. The fraction of sp³-hybridized carbons (Fsp3) is 0.500. The monoisotopic (exact) mass is 349 g/mol. The zero-order valence-corrected chi connectivity index (χ0v) is 14.7. The van der Waals surface area contributed by atoms with Gasteiger partial charge in [0, 0.05) is 24.7 Å². The van der Waals surface area contributed by atoms with Gasteiger partial charge in [-0.15, -0.1) is 12.4 Å². The molecule has 0 heterocycles. The zero-order chi connectivity index (χ0) is 15.9. The summed E-state index contributed by atoms with van der Waals surface area (Å²) in [6.45, 7) is 4.34. The van der Waals surface area contributed by atoms with Crippen molar-refractivity contribution in [2.24, 2.45) is 0 Å². The van der Waals surface area contributed by atoms with Gasteiger partial charge in [0.15, 0.2) is 0 Å². The van der Waals surface area contributed by atoms with Gasteiger partial charge in [-0.3, -0.25) is 4.79 Å². The molecule has 0 bridgehead atoms. The van der Waals surface area contributed by atoms with Crippen molar-refractivity contribution >= 4 is 28.3 Å². The van der Waals surface area contributed by atoms with Crippen LogP contribution in [-0.4, -0.2) is 39.7 Å². The van der Waals surface area contributed by atoms with E-state index in [-0.39, 0.29) is 36.7 Å². The molecule has 22 heavy (non-hydrogen) atoms. The molecule has 1 amide bonds. The maximum atomic E-state index is 11.9. The Hall–Kier alpha value is -1.15. The SMILES string of the molecule is CCS(=O)(=O)NCc1ccc(C(=O)NCC(C)NC)cc1.Cl. The number of carbonyl (C=O) groups is 1. The van der Waals surface area contributed by atoms with Crippen LogP contribution in [0.3, 0.4) is 0 Å². The molecule has 126 valence electrons. The summed E-state index contributed by atoms with van der Waals surface area (Å²) in [7, 11) is -1.37. The molecule has 0 fully saturated rings. The van der Waals surface area contributed by atoms with Gasteiger partial charge in [-0.2, -0.15) is 0 Å². The Morgan fingerprint density at radius 3 is 2.32 bits per heavy atom. The maximum Gasteiger partial charge on any atom is 0.251 e. The van der Waals surface area contributed by atoms with Crippen LogP contribution in [0, 0.1) is 0 Å². The molecule has 1 aromatic rings. The van der Waals surface area contributed by atoms with Crippen molar-refractivity contribution in [3.63, 3.8) is 0 Å². The Kier molecular flexibility index (Phi) is 9.27. The van der Waals surface area contributed by atoms with Crippen molar-refractivity contribution in [2.45, 2.75) is 26.4 Å². The molecular formula is C14H24ClN3O3S. The van der Waals surface area contributed by atoms with Crippen LogP contribution < -0.4 is 15.4 Å². The average Bonchev–Trinajstić information content (AvgIpc) is 2.50. The van der Waals surface area contributed by atoms with Crippen LogP contribution in [0.5, 0.6) is 0 Å². The molecule has 0 aliphatic rings. The van der Waals surface area contributed by atoms with Gasteiger partial charge in [-0.25, -0.2) is 13.1 Å². The number of sulfonamides is 1. The molecule has 3 N–H and O–H groups in total. The highest BCUT2D eigenvalue weighted by Gasteiger charge is 2.08. The van der Waals surface area contributed by atoms with Crippen molar-refractivity contribution in [1.82, 2.24) is 15.4 Å². The predicted octanol–water partition coefficient (Wildman–Crippen LogP) is 0.885. The highest BCUT2D eigenvalue weighted by atomic mass is 35.5. The lowest BCUT2D eigenvalue weighted by Gasteiger charge is -2.11. The molecule has 1 atom stereocenters. The summed E-state index contributed by atoms with van der Waals surface area (Å²) in [4.78, 5) is 11.9. The van der Waals surface area contributed by atoms with Crippen LogP contribution in [0.4, 0.5) is 0 Å². The van der Waals surface area contributed by atoms with E-state index < -0.39 is 10.0 Å². The fourth-order valence-electron chi connectivity index (χ4n) is 1.52. The predicted molar refractivity (Wildman–Crippen MR) is 90.8 cm³/mol. The molecule has 1 rings (SSSR count). The van der Waals surface area contributed by atoms with Gasteiger partial charge in [-0.05, 0) is 38.6 Å². The first kappa shape index (κ1) is 20.9. The second-order valence-corrected chi connectivity index (χ2v) is 6.92. The third-order valence-electron chi connectivity index (χ3n) is 3.15. The topological polar surface area (TPSA) is 87.3 Å². The Labute approximate surface area is 138 Å². The first-order chi connectivity index (χ1) is 9.88. The average molecular weight is 350 g/mol. The first-order valence-corrected chi connectivity index (χ1v) is 8.55. The number of amides is 1. The molecular weight excluding hydrogens is 326 g/mol. The maximum absolute atomic E-state index is 11.9. The van der Waals surface area contributed by atoms with E-state index in [9.17, 15) is 13.2 Å². The van der Waals surface area contributed by atoms with Gasteiger partial charge in [0.2, 0.25) is 10.0 Å².